The smallest absolute Gasteiger partial charge is 0.0726 e. The van der Waals surface area contributed by atoms with Crippen molar-refractivity contribution in [2.45, 2.75) is 31.7 Å². The first kappa shape index (κ1) is 12.7. The van der Waals surface area contributed by atoms with Crippen LogP contribution in [0.1, 0.15) is 25.5 Å². The van der Waals surface area contributed by atoms with Gasteiger partial charge in [-0.3, -0.25) is 4.98 Å². The lowest BCUT2D eigenvalue weighted by atomic mass is 10.1. The summed E-state index contributed by atoms with van der Waals surface area (Å²) in [6, 6.07) is 11.0. The minimum Gasteiger partial charge on any atom is -0.371 e. The van der Waals surface area contributed by atoms with Crippen LogP contribution in [0.4, 0.5) is 5.69 Å². The maximum Gasteiger partial charge on any atom is 0.0726 e. The summed E-state index contributed by atoms with van der Waals surface area (Å²) in [5.41, 5.74) is 3.23. The van der Waals surface area contributed by atoms with Gasteiger partial charge in [0.25, 0.3) is 0 Å². The molecule has 3 heteroatoms. The fourth-order valence-corrected chi connectivity index (χ4v) is 2.82. The SMILES string of the molecule is CC(C1CC1)N(C)c1cc(CCl)nc2ccccc12. The molecule has 0 bridgehead atoms. The Labute approximate surface area is 119 Å². The molecule has 1 heterocycles. The fourth-order valence-electron chi connectivity index (χ4n) is 2.68. The molecule has 19 heavy (non-hydrogen) atoms. The number of pyridine rings is 1. The Morgan fingerprint density at radius 3 is 2.79 bits per heavy atom. The van der Waals surface area contributed by atoms with E-state index in [0.29, 0.717) is 11.9 Å². The van der Waals surface area contributed by atoms with Gasteiger partial charge in [-0.2, -0.15) is 0 Å². The van der Waals surface area contributed by atoms with Gasteiger partial charge in [0.1, 0.15) is 0 Å². The third kappa shape index (κ3) is 2.42. The molecular formula is C16H19ClN2. The Hall–Kier alpha value is -1.28. The van der Waals surface area contributed by atoms with Gasteiger partial charge in [0.05, 0.1) is 17.1 Å². The number of alkyl halides is 1. The van der Waals surface area contributed by atoms with Crippen molar-refractivity contribution in [3.8, 4) is 0 Å². The highest BCUT2D eigenvalue weighted by Gasteiger charge is 2.31. The van der Waals surface area contributed by atoms with Gasteiger partial charge in [-0.1, -0.05) is 18.2 Å². The Morgan fingerprint density at radius 2 is 2.11 bits per heavy atom. The van der Waals surface area contributed by atoms with Crippen LogP contribution in [0.15, 0.2) is 30.3 Å². The summed E-state index contributed by atoms with van der Waals surface area (Å²) in [4.78, 5) is 6.98. The van der Waals surface area contributed by atoms with E-state index in [-0.39, 0.29) is 0 Å². The van der Waals surface area contributed by atoms with E-state index < -0.39 is 0 Å². The summed E-state index contributed by atoms with van der Waals surface area (Å²) in [6.07, 6.45) is 2.72. The molecule has 0 radical (unpaired) electrons. The number of nitrogens with zero attached hydrogens (tertiary/aromatic N) is 2. The van der Waals surface area contributed by atoms with E-state index in [1.54, 1.807) is 0 Å². The van der Waals surface area contributed by atoms with Crippen molar-refractivity contribution < 1.29 is 0 Å². The minimum absolute atomic E-state index is 0.462. The van der Waals surface area contributed by atoms with Gasteiger partial charge in [0.15, 0.2) is 0 Å². The molecule has 3 rings (SSSR count). The number of benzene rings is 1. The standard InChI is InChI=1S/C16H19ClN2/c1-11(12-7-8-12)19(2)16-9-13(10-17)18-15-6-4-3-5-14(15)16/h3-6,9,11-12H,7-8,10H2,1-2H3. The van der Waals surface area contributed by atoms with E-state index >= 15 is 0 Å². The van der Waals surface area contributed by atoms with Crippen molar-refractivity contribution in [3.63, 3.8) is 0 Å². The lowest BCUT2D eigenvalue weighted by molar-refractivity contribution is 0.610. The molecule has 2 aromatic rings. The molecule has 0 saturated heterocycles. The maximum absolute atomic E-state index is 5.98. The molecule has 2 nitrogen and oxygen atoms in total. The monoisotopic (exact) mass is 274 g/mol. The van der Waals surface area contributed by atoms with Gasteiger partial charge in [0.2, 0.25) is 0 Å². The quantitative estimate of drug-likeness (QED) is 0.777. The first-order valence-electron chi connectivity index (χ1n) is 6.88. The molecule has 1 saturated carbocycles. The molecule has 0 N–H and O–H groups in total. The van der Waals surface area contributed by atoms with Crippen molar-refractivity contribution in [2.24, 2.45) is 5.92 Å². The van der Waals surface area contributed by atoms with Crippen molar-refractivity contribution in [1.82, 2.24) is 4.98 Å². The van der Waals surface area contributed by atoms with Gasteiger partial charge in [0, 0.05) is 24.2 Å². The molecule has 0 amide bonds. The van der Waals surface area contributed by atoms with Gasteiger partial charge < -0.3 is 4.90 Å². The summed E-state index contributed by atoms with van der Waals surface area (Å²) in [5, 5.41) is 1.21. The maximum atomic E-state index is 5.98. The lowest BCUT2D eigenvalue weighted by Gasteiger charge is -2.28. The number of fused-ring (bicyclic) bond motifs is 1. The third-order valence-electron chi connectivity index (χ3n) is 4.18. The molecule has 1 aromatic carbocycles. The van der Waals surface area contributed by atoms with Crippen LogP contribution in [-0.4, -0.2) is 18.1 Å². The Morgan fingerprint density at radius 1 is 1.37 bits per heavy atom. The molecule has 1 aliphatic rings. The van der Waals surface area contributed by atoms with Crippen LogP contribution in [0, 0.1) is 5.92 Å². The second-order valence-electron chi connectivity index (χ2n) is 5.47. The lowest BCUT2D eigenvalue weighted by Crippen LogP contribution is -2.30. The topological polar surface area (TPSA) is 16.1 Å². The predicted octanol–water partition coefficient (Wildman–Crippen LogP) is 4.21. The Kier molecular flexibility index (Phi) is 3.36. The molecule has 1 aromatic heterocycles. The zero-order chi connectivity index (χ0) is 13.4. The average Bonchev–Trinajstić information content (AvgIpc) is 3.29. The van der Waals surface area contributed by atoms with Crippen molar-refractivity contribution >= 4 is 28.2 Å². The highest BCUT2D eigenvalue weighted by molar-refractivity contribution is 6.17. The van der Waals surface area contributed by atoms with Gasteiger partial charge in [-0.05, 0) is 37.8 Å². The second-order valence-corrected chi connectivity index (χ2v) is 5.74. The van der Waals surface area contributed by atoms with Crippen LogP contribution >= 0.6 is 11.6 Å². The third-order valence-corrected chi connectivity index (χ3v) is 4.45. The number of halogens is 1. The number of para-hydroxylation sites is 1. The number of anilines is 1. The van der Waals surface area contributed by atoms with Gasteiger partial charge >= 0.3 is 0 Å². The van der Waals surface area contributed by atoms with Crippen LogP contribution in [-0.2, 0) is 5.88 Å². The summed E-state index contributed by atoms with van der Waals surface area (Å²) < 4.78 is 0. The number of aromatic nitrogens is 1. The van der Waals surface area contributed by atoms with E-state index in [4.69, 9.17) is 11.6 Å². The summed E-state index contributed by atoms with van der Waals surface area (Å²) >= 11 is 5.98. The molecular weight excluding hydrogens is 256 g/mol. The van der Waals surface area contributed by atoms with Crippen LogP contribution in [0.2, 0.25) is 0 Å². The molecule has 1 atom stereocenters. The molecule has 0 spiro atoms. The minimum atomic E-state index is 0.462. The number of rotatable bonds is 4. The highest BCUT2D eigenvalue weighted by atomic mass is 35.5. The first-order valence-corrected chi connectivity index (χ1v) is 7.41. The molecule has 1 unspecified atom stereocenters. The van der Waals surface area contributed by atoms with E-state index in [2.05, 4.69) is 48.1 Å². The zero-order valence-electron chi connectivity index (χ0n) is 11.4. The van der Waals surface area contributed by atoms with E-state index in [9.17, 15) is 0 Å². The summed E-state index contributed by atoms with van der Waals surface area (Å²) in [6.45, 7) is 2.31. The fraction of sp³-hybridized carbons (Fsp3) is 0.438. The zero-order valence-corrected chi connectivity index (χ0v) is 12.2. The van der Waals surface area contributed by atoms with E-state index in [1.807, 2.05) is 6.07 Å². The van der Waals surface area contributed by atoms with Gasteiger partial charge in [-0.15, -0.1) is 11.6 Å². The summed E-state index contributed by atoms with van der Waals surface area (Å²) in [5.74, 6) is 1.31. The molecule has 1 aliphatic carbocycles. The average molecular weight is 275 g/mol. The molecule has 100 valence electrons. The largest absolute Gasteiger partial charge is 0.371 e. The highest BCUT2D eigenvalue weighted by Crippen LogP contribution is 2.38. The van der Waals surface area contributed by atoms with Gasteiger partial charge in [-0.25, -0.2) is 0 Å². The van der Waals surface area contributed by atoms with Crippen molar-refractivity contribution in [2.75, 3.05) is 11.9 Å². The number of hydrogen-bond acceptors (Lipinski definition) is 2. The van der Waals surface area contributed by atoms with Crippen LogP contribution < -0.4 is 4.90 Å². The molecule has 0 aliphatic heterocycles. The van der Waals surface area contributed by atoms with E-state index in [1.165, 1.54) is 23.9 Å². The normalized spacial score (nSPS) is 16.6. The number of hydrogen-bond donors (Lipinski definition) is 0. The van der Waals surface area contributed by atoms with Crippen molar-refractivity contribution in [3.05, 3.63) is 36.0 Å². The summed E-state index contributed by atoms with van der Waals surface area (Å²) in [7, 11) is 2.18. The Bertz CT molecular complexity index is 592. The van der Waals surface area contributed by atoms with Crippen molar-refractivity contribution in [1.29, 1.82) is 0 Å². The first-order chi connectivity index (χ1) is 9.20. The van der Waals surface area contributed by atoms with Crippen LogP contribution in [0.25, 0.3) is 10.9 Å². The van der Waals surface area contributed by atoms with Crippen LogP contribution in [0.3, 0.4) is 0 Å². The van der Waals surface area contributed by atoms with Crippen LogP contribution in [0.5, 0.6) is 0 Å². The predicted molar refractivity (Wildman–Crippen MR) is 81.9 cm³/mol. The van der Waals surface area contributed by atoms with E-state index in [0.717, 1.165) is 17.1 Å². The molecule has 1 fully saturated rings. The Balaban J connectivity index is 2.09. The second kappa shape index (κ2) is 5.01.